The first-order valence-corrected chi connectivity index (χ1v) is 6.34. The molecule has 0 aliphatic heterocycles. The van der Waals surface area contributed by atoms with Crippen molar-refractivity contribution in [2.45, 2.75) is 13.1 Å². The second-order valence-electron chi connectivity index (χ2n) is 4.69. The van der Waals surface area contributed by atoms with Crippen LogP contribution in [-0.4, -0.2) is 27.6 Å². The molecule has 0 bridgehead atoms. The molecule has 122 valence electrons. The highest BCUT2D eigenvalue weighted by Gasteiger charge is 2.40. The van der Waals surface area contributed by atoms with Crippen LogP contribution in [0, 0.1) is 12.7 Å². The van der Waals surface area contributed by atoms with Crippen LogP contribution in [0.15, 0.2) is 24.3 Å². The lowest BCUT2D eigenvalue weighted by atomic mass is 10.0. The molecule has 0 aliphatic rings. The van der Waals surface area contributed by atoms with Crippen LogP contribution < -0.4 is 5.32 Å². The summed E-state index contributed by atoms with van der Waals surface area (Å²) < 4.78 is 51.9. The molecule has 2 rings (SSSR count). The number of aromatic nitrogens is 2. The van der Waals surface area contributed by atoms with E-state index in [-0.39, 0.29) is 16.8 Å². The van der Waals surface area contributed by atoms with Crippen molar-refractivity contribution < 1.29 is 27.2 Å². The van der Waals surface area contributed by atoms with Crippen LogP contribution in [0.2, 0.25) is 0 Å². The topological polar surface area (TPSA) is 64.0 Å². The normalized spacial score (nSPS) is 11.4. The molecule has 1 aromatic heterocycles. The number of hydrogen-bond acceptors (Lipinski definition) is 3. The number of nitrogens with zero attached hydrogens (tertiary/aromatic N) is 2. The molecule has 0 spiro atoms. The second kappa shape index (κ2) is 5.82. The van der Waals surface area contributed by atoms with E-state index in [9.17, 15) is 27.2 Å². The van der Waals surface area contributed by atoms with E-state index in [1.807, 2.05) is 0 Å². The highest BCUT2D eigenvalue weighted by molar-refractivity contribution is 6.14. The lowest BCUT2D eigenvalue weighted by Gasteiger charge is -2.10. The summed E-state index contributed by atoms with van der Waals surface area (Å²) in [4.78, 5) is 23.5. The number of carbonyl (C=O) groups is 2. The maximum absolute atomic E-state index is 13.7. The molecule has 5 nitrogen and oxygen atoms in total. The Balaban J connectivity index is 2.50. The average molecular weight is 329 g/mol. The van der Waals surface area contributed by atoms with Crippen molar-refractivity contribution in [2.24, 2.45) is 7.05 Å². The molecular weight excluding hydrogens is 318 g/mol. The first kappa shape index (κ1) is 16.7. The molecule has 2 aromatic rings. The minimum atomic E-state index is -5.13. The molecule has 1 N–H and O–H groups in total. The summed E-state index contributed by atoms with van der Waals surface area (Å²) in [5.74, 6) is -4.39. The van der Waals surface area contributed by atoms with Gasteiger partial charge in [0.1, 0.15) is 11.6 Å². The summed E-state index contributed by atoms with van der Waals surface area (Å²) >= 11 is 0. The predicted molar refractivity (Wildman–Crippen MR) is 72.5 cm³/mol. The van der Waals surface area contributed by atoms with Crippen molar-refractivity contribution in [3.05, 3.63) is 46.9 Å². The van der Waals surface area contributed by atoms with Gasteiger partial charge in [-0.05, 0) is 19.1 Å². The van der Waals surface area contributed by atoms with Crippen molar-refractivity contribution in [1.29, 1.82) is 0 Å². The van der Waals surface area contributed by atoms with Gasteiger partial charge in [-0.15, -0.1) is 0 Å². The Labute approximate surface area is 127 Å². The third-order valence-corrected chi connectivity index (χ3v) is 3.06. The molecule has 9 heteroatoms. The Hall–Kier alpha value is -2.71. The summed E-state index contributed by atoms with van der Waals surface area (Å²) in [5, 5.41) is 5.42. The number of amides is 1. The molecule has 1 heterocycles. The van der Waals surface area contributed by atoms with E-state index >= 15 is 0 Å². The van der Waals surface area contributed by atoms with E-state index in [4.69, 9.17) is 0 Å². The number of aryl methyl sites for hydroxylation is 2. The van der Waals surface area contributed by atoms with Gasteiger partial charge in [-0.1, -0.05) is 12.1 Å². The van der Waals surface area contributed by atoms with Crippen LogP contribution in [0.3, 0.4) is 0 Å². The van der Waals surface area contributed by atoms with Crippen LogP contribution in [0.4, 0.5) is 23.4 Å². The van der Waals surface area contributed by atoms with E-state index < -0.39 is 29.5 Å². The van der Waals surface area contributed by atoms with E-state index in [0.717, 1.165) is 10.7 Å². The summed E-state index contributed by atoms with van der Waals surface area (Å²) in [5.41, 5.74) is -0.556. The number of carbonyl (C=O) groups excluding carboxylic acids is 2. The van der Waals surface area contributed by atoms with Crippen LogP contribution in [0.5, 0.6) is 0 Å². The number of halogens is 4. The number of anilines is 1. The third-order valence-electron chi connectivity index (χ3n) is 3.06. The first-order chi connectivity index (χ1) is 10.6. The molecule has 0 saturated carbocycles. The zero-order valence-electron chi connectivity index (χ0n) is 12.0. The Morgan fingerprint density at radius 3 is 2.39 bits per heavy atom. The summed E-state index contributed by atoms with van der Waals surface area (Å²) in [6.45, 7) is 1.37. The van der Waals surface area contributed by atoms with Crippen LogP contribution >= 0.6 is 0 Å². The Bertz CT molecular complexity index is 781. The van der Waals surface area contributed by atoms with Crippen molar-refractivity contribution in [3.8, 4) is 0 Å². The van der Waals surface area contributed by atoms with Crippen molar-refractivity contribution >= 4 is 17.5 Å². The first-order valence-electron chi connectivity index (χ1n) is 6.34. The maximum atomic E-state index is 13.7. The quantitative estimate of drug-likeness (QED) is 0.695. The van der Waals surface area contributed by atoms with Crippen molar-refractivity contribution in [2.75, 3.05) is 5.32 Å². The van der Waals surface area contributed by atoms with E-state index in [1.165, 1.54) is 32.2 Å². The number of rotatable bonds is 3. The van der Waals surface area contributed by atoms with Gasteiger partial charge in [0.15, 0.2) is 0 Å². The number of benzene rings is 1. The van der Waals surface area contributed by atoms with E-state index in [2.05, 4.69) is 5.10 Å². The number of nitrogens with one attached hydrogen (secondary N) is 1. The molecule has 0 radical (unpaired) electrons. The molecule has 0 aliphatic carbocycles. The number of hydrogen-bond donors (Lipinski definition) is 1. The zero-order valence-corrected chi connectivity index (χ0v) is 12.0. The van der Waals surface area contributed by atoms with Gasteiger partial charge in [-0.2, -0.15) is 18.3 Å². The molecular formula is C14H11F4N3O2. The fourth-order valence-corrected chi connectivity index (χ4v) is 2.03. The second-order valence-corrected chi connectivity index (χ2v) is 4.69. The molecule has 0 unspecified atom stereocenters. The molecule has 0 fully saturated rings. The van der Waals surface area contributed by atoms with Crippen LogP contribution in [-0.2, 0) is 11.8 Å². The molecule has 23 heavy (non-hydrogen) atoms. The smallest absolute Gasteiger partial charge is 0.302 e. The van der Waals surface area contributed by atoms with Gasteiger partial charge in [0, 0.05) is 7.05 Å². The van der Waals surface area contributed by atoms with Crippen molar-refractivity contribution in [3.63, 3.8) is 0 Å². The standard InChI is InChI=1S/C14H11F4N3O2/c1-7-10(11(22)8-5-3-4-6-9(8)15)12(21(2)20-7)19-13(23)14(16,17)18/h3-6H,1-2H3,(H,19,23). The van der Waals surface area contributed by atoms with Gasteiger partial charge in [0.25, 0.3) is 0 Å². The van der Waals surface area contributed by atoms with E-state index in [0.29, 0.717) is 0 Å². The van der Waals surface area contributed by atoms with Gasteiger partial charge in [-0.25, -0.2) is 4.39 Å². The number of ketones is 1. The summed E-state index contributed by atoms with van der Waals surface area (Å²) in [7, 11) is 1.26. The minimum absolute atomic E-state index is 0.0678. The largest absolute Gasteiger partial charge is 0.471 e. The van der Waals surface area contributed by atoms with Gasteiger partial charge < -0.3 is 5.32 Å². The SMILES string of the molecule is Cc1nn(C)c(NC(=O)C(F)(F)F)c1C(=O)c1ccccc1F. The molecule has 1 amide bonds. The zero-order chi connectivity index (χ0) is 17.4. The Morgan fingerprint density at radius 1 is 1.22 bits per heavy atom. The summed E-state index contributed by atoms with van der Waals surface area (Å²) in [6.07, 6.45) is -5.13. The monoisotopic (exact) mass is 329 g/mol. The fourth-order valence-electron chi connectivity index (χ4n) is 2.03. The highest BCUT2D eigenvalue weighted by atomic mass is 19.4. The average Bonchev–Trinajstić information content (AvgIpc) is 2.72. The Kier molecular flexibility index (Phi) is 4.22. The van der Waals surface area contributed by atoms with Crippen LogP contribution in [0.25, 0.3) is 0 Å². The molecule has 1 aromatic carbocycles. The maximum Gasteiger partial charge on any atom is 0.471 e. The van der Waals surface area contributed by atoms with Gasteiger partial charge in [-0.3, -0.25) is 14.3 Å². The minimum Gasteiger partial charge on any atom is -0.302 e. The third kappa shape index (κ3) is 3.22. The summed E-state index contributed by atoms with van der Waals surface area (Å²) in [6, 6.07) is 5.02. The molecule has 0 atom stereocenters. The van der Waals surface area contributed by atoms with Gasteiger partial charge >= 0.3 is 12.1 Å². The van der Waals surface area contributed by atoms with E-state index in [1.54, 1.807) is 5.32 Å². The lowest BCUT2D eigenvalue weighted by molar-refractivity contribution is -0.167. The van der Waals surface area contributed by atoms with Gasteiger partial charge in [0.2, 0.25) is 5.78 Å². The van der Waals surface area contributed by atoms with Gasteiger partial charge in [0.05, 0.1) is 16.8 Å². The predicted octanol–water partition coefficient (Wildman–Crippen LogP) is 2.60. The number of alkyl halides is 3. The lowest BCUT2D eigenvalue weighted by Crippen LogP contribution is -2.31. The Morgan fingerprint density at radius 2 is 1.83 bits per heavy atom. The van der Waals surface area contributed by atoms with Crippen molar-refractivity contribution in [1.82, 2.24) is 9.78 Å². The fraction of sp³-hybridized carbons (Fsp3) is 0.214. The molecule has 0 saturated heterocycles. The van der Waals surface area contributed by atoms with Crippen LogP contribution in [0.1, 0.15) is 21.6 Å². The highest BCUT2D eigenvalue weighted by Crippen LogP contribution is 2.26.